The Hall–Kier alpha value is -5.44. The molecule has 4 amide bonds. The molecule has 0 aliphatic carbocycles. The van der Waals surface area contributed by atoms with E-state index in [0.717, 1.165) is 27.5 Å². The number of hydrogen-bond acceptors (Lipinski definition) is 5. The highest BCUT2D eigenvalue weighted by Crippen LogP contribution is 2.23. The van der Waals surface area contributed by atoms with Crippen LogP contribution >= 0.6 is 0 Å². The van der Waals surface area contributed by atoms with Crippen LogP contribution in [0.4, 0.5) is 4.79 Å². The van der Waals surface area contributed by atoms with E-state index in [-0.39, 0.29) is 24.1 Å². The number of benzene rings is 4. The standard InChI is InChI=1S/C44H54N4O5/c1-43(2,3)53-42(52)46-44(4,5)26-25-36(27-31-17-11-9-12-18-31)40(50)48(8)38(30-33-23-24-34-21-15-16-22-35(34)28-33)41(51)47(7)37(39(49)45-6)29-32-19-13-10-14-20-32/h9-25,28,37-38H,26-27,29-30H2,1-8H3,(H,45,49)(H,46,52)/b36-25+/t37-,38-/m1/s1. The zero-order valence-corrected chi connectivity index (χ0v) is 32.3. The summed E-state index contributed by atoms with van der Waals surface area (Å²) in [5, 5.41) is 7.74. The van der Waals surface area contributed by atoms with Gasteiger partial charge in [-0.15, -0.1) is 0 Å². The molecule has 4 aromatic carbocycles. The molecule has 0 spiro atoms. The fourth-order valence-corrected chi connectivity index (χ4v) is 6.21. The fourth-order valence-electron chi connectivity index (χ4n) is 6.21. The molecule has 53 heavy (non-hydrogen) atoms. The molecule has 2 N–H and O–H groups in total. The average Bonchev–Trinajstić information content (AvgIpc) is 3.12. The molecule has 4 aromatic rings. The van der Waals surface area contributed by atoms with Crippen molar-refractivity contribution < 1.29 is 23.9 Å². The second kappa shape index (κ2) is 17.9. The number of nitrogens with one attached hydrogen (secondary N) is 2. The van der Waals surface area contributed by atoms with Crippen molar-refractivity contribution in [3.63, 3.8) is 0 Å². The first kappa shape index (κ1) is 40.3. The van der Waals surface area contributed by atoms with Gasteiger partial charge in [-0.3, -0.25) is 14.4 Å². The van der Waals surface area contributed by atoms with Gasteiger partial charge in [0.1, 0.15) is 17.7 Å². The van der Waals surface area contributed by atoms with Gasteiger partial charge in [0.25, 0.3) is 0 Å². The third-order valence-corrected chi connectivity index (χ3v) is 9.16. The van der Waals surface area contributed by atoms with E-state index in [9.17, 15) is 19.2 Å². The third-order valence-electron chi connectivity index (χ3n) is 9.16. The van der Waals surface area contributed by atoms with Crippen LogP contribution in [0, 0.1) is 0 Å². The summed E-state index contributed by atoms with van der Waals surface area (Å²) in [4.78, 5) is 58.4. The molecule has 0 saturated heterocycles. The summed E-state index contributed by atoms with van der Waals surface area (Å²) in [5.74, 6) is -0.981. The van der Waals surface area contributed by atoms with E-state index in [2.05, 4.69) is 10.6 Å². The molecule has 0 aromatic heterocycles. The molecule has 0 aliphatic heterocycles. The van der Waals surface area contributed by atoms with Gasteiger partial charge in [0, 0.05) is 51.5 Å². The first-order valence-corrected chi connectivity index (χ1v) is 18.1. The molecule has 0 unspecified atom stereocenters. The monoisotopic (exact) mass is 718 g/mol. The second-order valence-electron chi connectivity index (χ2n) is 15.2. The number of carbonyl (C=O) groups is 4. The van der Waals surface area contributed by atoms with Gasteiger partial charge in [-0.1, -0.05) is 109 Å². The normalized spacial score (nSPS) is 13.1. The molecule has 9 heteroatoms. The van der Waals surface area contributed by atoms with E-state index in [1.54, 1.807) is 41.9 Å². The number of ether oxygens (including phenoxy) is 1. The minimum absolute atomic E-state index is 0.229. The predicted molar refractivity (Wildman–Crippen MR) is 211 cm³/mol. The molecule has 4 rings (SSSR count). The molecule has 9 nitrogen and oxygen atoms in total. The Labute approximate surface area is 314 Å². The molecule has 0 radical (unpaired) electrons. The van der Waals surface area contributed by atoms with Gasteiger partial charge in [0.05, 0.1) is 0 Å². The maximum atomic E-state index is 14.7. The van der Waals surface area contributed by atoms with Gasteiger partial charge in [0.2, 0.25) is 17.7 Å². The van der Waals surface area contributed by atoms with E-state index in [1.807, 2.05) is 123 Å². The molecular formula is C44H54N4O5. The second-order valence-corrected chi connectivity index (χ2v) is 15.2. The van der Waals surface area contributed by atoms with Gasteiger partial charge in [-0.25, -0.2) is 4.79 Å². The predicted octanol–water partition coefficient (Wildman–Crippen LogP) is 6.89. The average molecular weight is 719 g/mol. The van der Waals surface area contributed by atoms with Crippen molar-refractivity contribution in [1.29, 1.82) is 0 Å². The number of amides is 4. The topological polar surface area (TPSA) is 108 Å². The molecule has 0 saturated carbocycles. The van der Waals surface area contributed by atoms with Crippen molar-refractivity contribution in [2.45, 2.75) is 83.5 Å². The summed E-state index contributed by atoms with van der Waals surface area (Å²) in [7, 11) is 4.83. The summed E-state index contributed by atoms with van der Waals surface area (Å²) in [6.07, 6.45) is 2.47. The Balaban J connectivity index is 1.72. The number of likely N-dealkylation sites (N-methyl/N-ethyl adjacent to an activating group) is 3. The van der Waals surface area contributed by atoms with Crippen LogP contribution in [-0.4, -0.2) is 78.0 Å². The smallest absolute Gasteiger partial charge is 0.408 e. The SMILES string of the molecule is CNC(=O)[C@@H](Cc1ccccc1)N(C)C(=O)[C@@H](Cc1ccc2ccccc2c1)N(C)C(=O)/C(=C/CC(C)(C)NC(=O)OC(C)(C)C)Cc1ccccc1. The highest BCUT2D eigenvalue weighted by molar-refractivity contribution is 5.98. The van der Waals surface area contributed by atoms with Crippen molar-refractivity contribution in [3.8, 4) is 0 Å². The maximum Gasteiger partial charge on any atom is 0.408 e. The number of carbonyl (C=O) groups excluding carboxylic acids is 4. The quantitative estimate of drug-likeness (QED) is 0.138. The third kappa shape index (κ3) is 11.8. The van der Waals surface area contributed by atoms with Gasteiger partial charge >= 0.3 is 6.09 Å². The van der Waals surface area contributed by atoms with Crippen LogP contribution in [0.3, 0.4) is 0 Å². The van der Waals surface area contributed by atoms with Gasteiger partial charge in [-0.05, 0) is 68.5 Å². The largest absolute Gasteiger partial charge is 0.444 e. The zero-order valence-electron chi connectivity index (χ0n) is 32.3. The van der Waals surface area contributed by atoms with Crippen LogP contribution in [0.1, 0.15) is 57.7 Å². The van der Waals surface area contributed by atoms with Crippen LogP contribution < -0.4 is 10.6 Å². The summed E-state index contributed by atoms with van der Waals surface area (Å²) in [6, 6.07) is 31.5. The molecule has 0 aliphatic rings. The van der Waals surface area contributed by atoms with E-state index in [4.69, 9.17) is 4.74 Å². The van der Waals surface area contributed by atoms with Gasteiger partial charge in [0.15, 0.2) is 0 Å². The maximum absolute atomic E-state index is 14.7. The van der Waals surface area contributed by atoms with Crippen LogP contribution in [0.5, 0.6) is 0 Å². The minimum Gasteiger partial charge on any atom is -0.444 e. The van der Waals surface area contributed by atoms with Crippen molar-refractivity contribution >= 4 is 34.6 Å². The minimum atomic E-state index is -0.941. The Morgan fingerprint density at radius 2 is 1.26 bits per heavy atom. The lowest BCUT2D eigenvalue weighted by Gasteiger charge is -2.35. The summed E-state index contributed by atoms with van der Waals surface area (Å²) in [5.41, 5.74) is 1.78. The number of alkyl carbamates (subject to hydrolysis) is 1. The highest BCUT2D eigenvalue weighted by Gasteiger charge is 2.36. The van der Waals surface area contributed by atoms with E-state index in [0.29, 0.717) is 24.8 Å². The first-order chi connectivity index (χ1) is 25.1. The lowest BCUT2D eigenvalue weighted by molar-refractivity contribution is -0.146. The molecule has 0 bridgehead atoms. The van der Waals surface area contributed by atoms with E-state index in [1.165, 1.54) is 9.80 Å². The Morgan fingerprint density at radius 1 is 0.698 bits per heavy atom. The Morgan fingerprint density at radius 3 is 1.87 bits per heavy atom. The Kier molecular flexibility index (Phi) is 13.6. The van der Waals surface area contributed by atoms with Crippen LogP contribution in [-0.2, 0) is 38.4 Å². The van der Waals surface area contributed by atoms with Crippen LogP contribution in [0.2, 0.25) is 0 Å². The zero-order chi connectivity index (χ0) is 38.8. The molecular weight excluding hydrogens is 665 g/mol. The van der Waals surface area contributed by atoms with E-state index < -0.39 is 29.3 Å². The molecule has 0 fully saturated rings. The lowest BCUT2D eigenvalue weighted by atomic mass is 9.94. The van der Waals surface area contributed by atoms with Crippen molar-refractivity contribution in [2.75, 3.05) is 21.1 Å². The fraction of sp³-hybridized carbons (Fsp3) is 0.364. The summed E-state index contributed by atoms with van der Waals surface area (Å²) in [6.45, 7) is 9.15. The summed E-state index contributed by atoms with van der Waals surface area (Å²) < 4.78 is 5.49. The molecule has 0 heterocycles. The van der Waals surface area contributed by atoms with Gasteiger partial charge < -0.3 is 25.2 Å². The Bertz CT molecular complexity index is 1900. The number of nitrogens with zero attached hydrogens (tertiary/aromatic N) is 2. The van der Waals surface area contributed by atoms with Crippen LogP contribution in [0.15, 0.2) is 115 Å². The van der Waals surface area contributed by atoms with Crippen molar-refractivity contribution in [2.24, 2.45) is 0 Å². The first-order valence-electron chi connectivity index (χ1n) is 18.1. The lowest BCUT2D eigenvalue weighted by Crippen LogP contribution is -2.56. The van der Waals surface area contributed by atoms with E-state index >= 15 is 0 Å². The van der Waals surface area contributed by atoms with Crippen LogP contribution in [0.25, 0.3) is 10.8 Å². The van der Waals surface area contributed by atoms with Crippen molar-refractivity contribution in [3.05, 3.63) is 131 Å². The number of fused-ring (bicyclic) bond motifs is 1. The van der Waals surface area contributed by atoms with Gasteiger partial charge in [-0.2, -0.15) is 0 Å². The molecule has 280 valence electrons. The summed E-state index contributed by atoms with van der Waals surface area (Å²) >= 11 is 0. The molecule has 2 atom stereocenters. The van der Waals surface area contributed by atoms with Crippen molar-refractivity contribution in [1.82, 2.24) is 20.4 Å². The number of rotatable bonds is 14. The number of hydrogen-bond donors (Lipinski definition) is 2. The highest BCUT2D eigenvalue weighted by atomic mass is 16.6.